The van der Waals surface area contributed by atoms with Crippen molar-refractivity contribution in [2.75, 3.05) is 0 Å². The number of hydrogen-bond donors (Lipinski definition) is 1. The number of rotatable bonds is 6. The Morgan fingerprint density at radius 3 is 2.69 bits per heavy atom. The lowest BCUT2D eigenvalue weighted by atomic mass is 10.0. The normalized spacial score (nSPS) is 12.5. The third-order valence-corrected chi connectivity index (χ3v) is 4.33. The van der Waals surface area contributed by atoms with Crippen molar-refractivity contribution < 1.29 is 9.18 Å². The zero-order valence-electron chi connectivity index (χ0n) is 15.2. The van der Waals surface area contributed by atoms with E-state index in [1.54, 1.807) is 24.4 Å². The lowest BCUT2D eigenvalue weighted by Gasteiger charge is -2.20. The molecule has 5 nitrogen and oxygen atoms in total. The van der Waals surface area contributed by atoms with Crippen LogP contribution in [0.3, 0.4) is 0 Å². The summed E-state index contributed by atoms with van der Waals surface area (Å²) in [5.74, 6) is 0.534. The number of amides is 1. The minimum atomic E-state index is -0.366. The second-order valence-corrected chi connectivity index (χ2v) is 6.89. The molecule has 0 bridgehead atoms. The molecule has 2 heterocycles. The Bertz CT molecular complexity index is 919. The zero-order valence-corrected chi connectivity index (χ0v) is 15.2. The van der Waals surface area contributed by atoms with E-state index in [1.807, 2.05) is 23.7 Å². The highest BCUT2D eigenvalue weighted by molar-refractivity contribution is 5.79. The van der Waals surface area contributed by atoms with Gasteiger partial charge in [-0.2, -0.15) is 0 Å². The van der Waals surface area contributed by atoms with Crippen LogP contribution in [0.1, 0.15) is 37.7 Å². The number of nitrogens with one attached hydrogen (secondary N) is 1. The van der Waals surface area contributed by atoms with Crippen LogP contribution >= 0.6 is 0 Å². The highest BCUT2D eigenvalue weighted by Gasteiger charge is 2.22. The monoisotopic (exact) mass is 354 g/mol. The molecule has 0 saturated heterocycles. The SMILES string of the molecule is CC(C)C[C@@H](NC(=O)Cc1ccccc1F)c1nc2cccnc2n1C. The van der Waals surface area contributed by atoms with Crippen molar-refractivity contribution in [2.45, 2.75) is 32.7 Å². The van der Waals surface area contributed by atoms with E-state index in [4.69, 9.17) is 0 Å². The number of carbonyl (C=O) groups is 1. The quantitative estimate of drug-likeness (QED) is 0.736. The Morgan fingerprint density at radius 2 is 2.00 bits per heavy atom. The Kier molecular flexibility index (Phi) is 5.30. The van der Waals surface area contributed by atoms with Crippen LogP contribution in [-0.2, 0) is 18.3 Å². The number of pyridine rings is 1. The van der Waals surface area contributed by atoms with Gasteiger partial charge in [0.05, 0.1) is 12.5 Å². The average molecular weight is 354 g/mol. The molecule has 6 heteroatoms. The summed E-state index contributed by atoms with van der Waals surface area (Å²) in [6.45, 7) is 4.19. The van der Waals surface area contributed by atoms with Crippen LogP contribution < -0.4 is 5.32 Å². The topological polar surface area (TPSA) is 59.8 Å². The van der Waals surface area contributed by atoms with Crippen molar-refractivity contribution in [3.05, 3.63) is 59.8 Å². The number of carbonyl (C=O) groups excluding carboxylic acids is 1. The molecule has 0 fully saturated rings. The second-order valence-electron chi connectivity index (χ2n) is 6.89. The first-order valence-corrected chi connectivity index (χ1v) is 8.75. The molecule has 3 aromatic rings. The third kappa shape index (κ3) is 3.90. The summed E-state index contributed by atoms with van der Waals surface area (Å²) in [4.78, 5) is 21.5. The van der Waals surface area contributed by atoms with Gasteiger partial charge in [0.25, 0.3) is 0 Å². The smallest absolute Gasteiger partial charge is 0.225 e. The van der Waals surface area contributed by atoms with E-state index in [0.29, 0.717) is 11.5 Å². The van der Waals surface area contributed by atoms with Gasteiger partial charge in [-0.3, -0.25) is 4.79 Å². The Labute approximate surface area is 152 Å². The molecular formula is C20H23FN4O. The number of nitrogens with zero attached hydrogens (tertiary/aromatic N) is 3. The van der Waals surface area contributed by atoms with Gasteiger partial charge in [-0.15, -0.1) is 0 Å². The molecule has 0 radical (unpaired) electrons. The highest BCUT2D eigenvalue weighted by Crippen LogP contribution is 2.23. The van der Waals surface area contributed by atoms with Crippen molar-refractivity contribution in [1.82, 2.24) is 19.9 Å². The molecule has 2 aromatic heterocycles. The van der Waals surface area contributed by atoms with Gasteiger partial charge in [-0.05, 0) is 36.1 Å². The van der Waals surface area contributed by atoms with Gasteiger partial charge in [-0.1, -0.05) is 32.0 Å². The minimum Gasteiger partial charge on any atom is -0.346 e. The summed E-state index contributed by atoms with van der Waals surface area (Å²) in [5.41, 5.74) is 1.96. The Balaban J connectivity index is 1.85. The van der Waals surface area contributed by atoms with Crippen LogP contribution in [0.5, 0.6) is 0 Å². The number of aryl methyl sites for hydroxylation is 1. The molecule has 1 amide bonds. The fourth-order valence-corrected chi connectivity index (χ4v) is 3.11. The van der Waals surface area contributed by atoms with E-state index in [0.717, 1.165) is 23.4 Å². The molecule has 0 aliphatic carbocycles. The average Bonchev–Trinajstić information content (AvgIpc) is 2.93. The molecule has 136 valence electrons. The fourth-order valence-electron chi connectivity index (χ4n) is 3.11. The summed E-state index contributed by atoms with van der Waals surface area (Å²) < 4.78 is 15.7. The van der Waals surface area contributed by atoms with Gasteiger partial charge in [0.1, 0.15) is 17.2 Å². The summed E-state index contributed by atoms with van der Waals surface area (Å²) in [6.07, 6.45) is 2.46. The largest absolute Gasteiger partial charge is 0.346 e. The van der Waals surface area contributed by atoms with E-state index in [2.05, 4.69) is 29.1 Å². The zero-order chi connectivity index (χ0) is 18.7. The van der Waals surface area contributed by atoms with E-state index < -0.39 is 0 Å². The molecule has 3 rings (SSSR count). The van der Waals surface area contributed by atoms with Crippen LogP contribution in [0.25, 0.3) is 11.2 Å². The van der Waals surface area contributed by atoms with E-state index >= 15 is 0 Å². The molecule has 0 spiro atoms. The molecule has 1 aromatic carbocycles. The lowest BCUT2D eigenvalue weighted by Crippen LogP contribution is -2.32. The van der Waals surface area contributed by atoms with Crippen molar-refractivity contribution in [3.8, 4) is 0 Å². The number of hydrogen-bond acceptors (Lipinski definition) is 3. The van der Waals surface area contributed by atoms with Gasteiger partial charge >= 0.3 is 0 Å². The summed E-state index contributed by atoms with van der Waals surface area (Å²) in [6, 6.07) is 9.83. The summed E-state index contributed by atoms with van der Waals surface area (Å²) >= 11 is 0. The number of fused-ring (bicyclic) bond motifs is 1. The maximum absolute atomic E-state index is 13.8. The first-order valence-electron chi connectivity index (χ1n) is 8.75. The van der Waals surface area contributed by atoms with Crippen molar-refractivity contribution >= 4 is 17.1 Å². The van der Waals surface area contributed by atoms with Crippen LogP contribution in [0.4, 0.5) is 4.39 Å². The summed E-state index contributed by atoms with van der Waals surface area (Å²) in [7, 11) is 1.90. The third-order valence-electron chi connectivity index (χ3n) is 4.33. The standard InChI is InChI=1S/C20H23FN4O/c1-13(2)11-17(20-24-16-9-6-10-22-19(16)25(20)3)23-18(26)12-14-7-4-5-8-15(14)21/h4-10,13,17H,11-12H2,1-3H3,(H,23,26)/t17-/m1/s1. The molecule has 26 heavy (non-hydrogen) atoms. The van der Waals surface area contributed by atoms with Gasteiger partial charge in [0.2, 0.25) is 5.91 Å². The molecule has 0 saturated carbocycles. The number of imidazole rings is 1. The second kappa shape index (κ2) is 7.64. The van der Waals surface area contributed by atoms with Crippen LogP contribution in [0.15, 0.2) is 42.6 Å². The minimum absolute atomic E-state index is 0.00343. The molecule has 1 atom stereocenters. The summed E-state index contributed by atoms with van der Waals surface area (Å²) in [5, 5.41) is 3.03. The van der Waals surface area contributed by atoms with Crippen LogP contribution in [0, 0.1) is 11.7 Å². The first kappa shape index (κ1) is 18.0. The molecular weight excluding hydrogens is 331 g/mol. The predicted molar refractivity (Wildman–Crippen MR) is 99.0 cm³/mol. The van der Waals surface area contributed by atoms with Gasteiger partial charge < -0.3 is 9.88 Å². The lowest BCUT2D eigenvalue weighted by molar-refractivity contribution is -0.121. The van der Waals surface area contributed by atoms with Crippen LogP contribution in [0.2, 0.25) is 0 Å². The number of aromatic nitrogens is 3. The molecule has 0 unspecified atom stereocenters. The van der Waals surface area contributed by atoms with Crippen molar-refractivity contribution in [2.24, 2.45) is 13.0 Å². The fraction of sp³-hybridized carbons (Fsp3) is 0.350. The van der Waals surface area contributed by atoms with E-state index in [-0.39, 0.29) is 24.2 Å². The van der Waals surface area contributed by atoms with E-state index in [1.165, 1.54) is 6.07 Å². The highest BCUT2D eigenvalue weighted by atomic mass is 19.1. The molecule has 0 aliphatic heterocycles. The number of halogens is 1. The van der Waals surface area contributed by atoms with Crippen LogP contribution in [-0.4, -0.2) is 20.4 Å². The molecule has 1 N–H and O–H groups in total. The predicted octanol–water partition coefficient (Wildman–Crippen LogP) is 3.55. The number of benzene rings is 1. The maximum Gasteiger partial charge on any atom is 0.225 e. The van der Waals surface area contributed by atoms with E-state index in [9.17, 15) is 9.18 Å². The Morgan fingerprint density at radius 1 is 1.23 bits per heavy atom. The molecule has 0 aliphatic rings. The Hall–Kier alpha value is -2.76. The first-order chi connectivity index (χ1) is 12.5. The van der Waals surface area contributed by atoms with Crippen molar-refractivity contribution in [1.29, 1.82) is 0 Å². The van der Waals surface area contributed by atoms with Gasteiger partial charge in [0.15, 0.2) is 5.65 Å². The van der Waals surface area contributed by atoms with Crippen molar-refractivity contribution in [3.63, 3.8) is 0 Å². The maximum atomic E-state index is 13.8. The van der Waals surface area contributed by atoms with Gasteiger partial charge in [-0.25, -0.2) is 14.4 Å². The van der Waals surface area contributed by atoms with Gasteiger partial charge in [0, 0.05) is 13.2 Å².